The average Bonchev–Trinajstić information content (AvgIpc) is 3.39. The lowest BCUT2D eigenvalue weighted by molar-refractivity contribution is -0.116. The van der Waals surface area contributed by atoms with Crippen molar-refractivity contribution in [2.24, 2.45) is 0 Å². The van der Waals surface area contributed by atoms with E-state index in [9.17, 15) is 9.59 Å². The van der Waals surface area contributed by atoms with Crippen LogP contribution in [0.4, 0.5) is 5.82 Å². The molecule has 1 aromatic carbocycles. The summed E-state index contributed by atoms with van der Waals surface area (Å²) in [7, 11) is 1.60. The van der Waals surface area contributed by atoms with E-state index >= 15 is 0 Å². The van der Waals surface area contributed by atoms with E-state index in [0.717, 1.165) is 17.0 Å². The number of hydrogen-bond donors (Lipinski definition) is 2. The van der Waals surface area contributed by atoms with Crippen LogP contribution in [0.25, 0.3) is 0 Å². The van der Waals surface area contributed by atoms with Crippen LogP contribution >= 0.6 is 0 Å². The van der Waals surface area contributed by atoms with Crippen LogP contribution in [0.5, 0.6) is 5.75 Å². The highest BCUT2D eigenvalue weighted by Crippen LogP contribution is 2.46. The molecule has 3 aromatic rings. The van der Waals surface area contributed by atoms with E-state index < -0.39 is 5.92 Å². The van der Waals surface area contributed by atoms with Crippen LogP contribution < -0.4 is 15.4 Å². The van der Waals surface area contributed by atoms with E-state index in [0.29, 0.717) is 41.3 Å². The molecule has 0 bridgehead atoms. The van der Waals surface area contributed by atoms with Crippen LogP contribution in [0.2, 0.25) is 0 Å². The number of ketones is 1. The highest BCUT2D eigenvalue weighted by atomic mass is 16.5. The van der Waals surface area contributed by atoms with Gasteiger partial charge < -0.3 is 19.8 Å². The van der Waals surface area contributed by atoms with Crippen LogP contribution in [0.15, 0.2) is 94.0 Å². The van der Waals surface area contributed by atoms with Crippen molar-refractivity contribution < 1.29 is 18.7 Å². The van der Waals surface area contributed by atoms with Crippen LogP contribution in [0, 0.1) is 0 Å². The fourth-order valence-corrected chi connectivity index (χ4v) is 4.84. The molecule has 2 aliphatic rings. The summed E-state index contributed by atoms with van der Waals surface area (Å²) in [5, 5.41) is 6.25. The number of Topliss-reactive ketones (excluding diaryl/α,β-unsaturated/α-hetero) is 1. The van der Waals surface area contributed by atoms with Crippen LogP contribution in [-0.4, -0.2) is 23.8 Å². The molecule has 2 aromatic heterocycles. The number of anilines is 1. The minimum Gasteiger partial charge on any atom is -0.497 e. The zero-order valence-corrected chi connectivity index (χ0v) is 19.0. The molecule has 1 aliphatic heterocycles. The van der Waals surface area contributed by atoms with Crippen molar-refractivity contribution in [1.29, 1.82) is 0 Å². The Hall–Kier alpha value is -4.13. The van der Waals surface area contributed by atoms with Gasteiger partial charge in [-0.3, -0.25) is 9.59 Å². The SMILES string of the molecule is COc1cccc([C@@H]2C(C(=O)Nc3ccccn3)=C(C)NC3=C2C(=O)C[C@@H](c2ccco2)C3)c1. The second-order valence-electron chi connectivity index (χ2n) is 8.48. The Balaban J connectivity index is 1.58. The Morgan fingerprint density at radius 1 is 1.15 bits per heavy atom. The van der Waals surface area contributed by atoms with Gasteiger partial charge in [0.25, 0.3) is 5.91 Å². The summed E-state index contributed by atoms with van der Waals surface area (Å²) < 4.78 is 11.0. The first-order chi connectivity index (χ1) is 16.5. The van der Waals surface area contributed by atoms with E-state index in [1.165, 1.54) is 0 Å². The monoisotopic (exact) mass is 455 g/mol. The largest absolute Gasteiger partial charge is 0.497 e. The number of pyridine rings is 1. The molecule has 2 N–H and O–H groups in total. The molecule has 172 valence electrons. The molecule has 0 radical (unpaired) electrons. The predicted octanol–water partition coefficient (Wildman–Crippen LogP) is 4.68. The predicted molar refractivity (Wildman–Crippen MR) is 127 cm³/mol. The van der Waals surface area contributed by atoms with Gasteiger partial charge in [-0.25, -0.2) is 4.98 Å². The summed E-state index contributed by atoms with van der Waals surface area (Å²) in [6.07, 6.45) is 4.20. The summed E-state index contributed by atoms with van der Waals surface area (Å²) in [5.41, 5.74) is 3.46. The molecule has 7 heteroatoms. The van der Waals surface area contributed by atoms with Crippen LogP contribution in [-0.2, 0) is 9.59 Å². The van der Waals surface area contributed by atoms with Crippen LogP contribution in [0.3, 0.4) is 0 Å². The molecule has 0 spiro atoms. The third-order valence-corrected chi connectivity index (χ3v) is 6.35. The Kier molecular flexibility index (Phi) is 5.76. The van der Waals surface area contributed by atoms with Crippen molar-refractivity contribution in [1.82, 2.24) is 10.3 Å². The lowest BCUT2D eigenvalue weighted by Gasteiger charge is -2.36. The first-order valence-corrected chi connectivity index (χ1v) is 11.2. The Bertz CT molecular complexity index is 1290. The van der Waals surface area contributed by atoms with Gasteiger partial charge in [-0.15, -0.1) is 0 Å². The van der Waals surface area contributed by atoms with E-state index in [1.807, 2.05) is 49.4 Å². The summed E-state index contributed by atoms with van der Waals surface area (Å²) in [6, 6.07) is 16.6. The molecule has 1 aliphatic carbocycles. The van der Waals surface area contributed by atoms with Crippen molar-refractivity contribution in [3.63, 3.8) is 0 Å². The maximum absolute atomic E-state index is 13.6. The van der Waals surface area contributed by atoms with Crippen molar-refractivity contribution in [2.75, 3.05) is 12.4 Å². The van der Waals surface area contributed by atoms with Gasteiger partial charge in [0.2, 0.25) is 0 Å². The molecule has 1 amide bonds. The summed E-state index contributed by atoms with van der Waals surface area (Å²) in [6.45, 7) is 1.87. The van der Waals surface area contributed by atoms with E-state index in [2.05, 4.69) is 15.6 Å². The Morgan fingerprint density at radius 2 is 2.03 bits per heavy atom. The number of carbonyl (C=O) groups excluding carboxylic acids is 2. The molecule has 2 atom stereocenters. The van der Waals surface area contributed by atoms with E-state index in [1.54, 1.807) is 31.7 Å². The van der Waals surface area contributed by atoms with Gasteiger partial charge in [0.05, 0.1) is 13.4 Å². The molecule has 7 nitrogen and oxygen atoms in total. The molecule has 3 heterocycles. The van der Waals surface area contributed by atoms with E-state index in [4.69, 9.17) is 9.15 Å². The molecule has 0 saturated carbocycles. The van der Waals surface area contributed by atoms with Gasteiger partial charge in [-0.05, 0) is 55.3 Å². The van der Waals surface area contributed by atoms with Gasteiger partial charge >= 0.3 is 0 Å². The number of dihydropyridines is 1. The number of amides is 1. The number of nitrogens with zero attached hydrogens (tertiary/aromatic N) is 1. The fraction of sp³-hybridized carbons (Fsp3) is 0.222. The standard InChI is InChI=1S/C27H25N3O4/c1-16-24(27(32)30-23-10-3-4-11-28-23)25(17-7-5-8-19(13-17)33-2)26-20(29-16)14-18(15-21(26)31)22-9-6-12-34-22/h3-13,18,25,29H,14-15H2,1-2H3,(H,28,30,32)/t18-,25+/m0/s1. The summed E-state index contributed by atoms with van der Waals surface area (Å²) in [5.74, 6) is 1.03. The topological polar surface area (TPSA) is 93.5 Å². The smallest absolute Gasteiger partial charge is 0.255 e. The maximum Gasteiger partial charge on any atom is 0.255 e. The Labute approximate surface area is 197 Å². The van der Waals surface area contributed by atoms with Gasteiger partial charge in [0.1, 0.15) is 17.3 Å². The summed E-state index contributed by atoms with van der Waals surface area (Å²) in [4.78, 5) is 31.3. The zero-order chi connectivity index (χ0) is 23.7. The second kappa shape index (κ2) is 9.02. The molecular weight excluding hydrogens is 430 g/mol. The number of rotatable bonds is 5. The first kappa shape index (κ1) is 21.7. The lowest BCUT2D eigenvalue weighted by atomic mass is 9.72. The van der Waals surface area contributed by atoms with Gasteiger partial charge in [-0.1, -0.05) is 18.2 Å². The van der Waals surface area contributed by atoms with Gasteiger partial charge in [0.15, 0.2) is 5.78 Å². The lowest BCUT2D eigenvalue weighted by Crippen LogP contribution is -2.37. The molecule has 0 fully saturated rings. The van der Waals surface area contributed by atoms with Gasteiger partial charge in [-0.2, -0.15) is 0 Å². The molecule has 34 heavy (non-hydrogen) atoms. The number of benzene rings is 1. The first-order valence-electron chi connectivity index (χ1n) is 11.2. The third-order valence-electron chi connectivity index (χ3n) is 6.35. The number of nitrogens with one attached hydrogen (secondary N) is 2. The maximum atomic E-state index is 13.6. The number of aromatic nitrogens is 1. The highest BCUT2D eigenvalue weighted by molar-refractivity contribution is 6.09. The summed E-state index contributed by atoms with van der Waals surface area (Å²) >= 11 is 0. The second-order valence-corrected chi connectivity index (χ2v) is 8.48. The molecule has 0 saturated heterocycles. The van der Waals surface area contributed by atoms with Crippen LogP contribution in [0.1, 0.15) is 42.9 Å². The normalized spacial score (nSPS) is 20.0. The van der Waals surface area contributed by atoms with E-state index in [-0.39, 0.29) is 17.6 Å². The molecule has 5 rings (SSSR count). The number of hydrogen-bond acceptors (Lipinski definition) is 6. The number of methoxy groups -OCH3 is 1. The zero-order valence-electron chi connectivity index (χ0n) is 19.0. The fourth-order valence-electron chi connectivity index (χ4n) is 4.84. The van der Waals surface area contributed by atoms with Crippen molar-refractivity contribution in [2.45, 2.75) is 31.6 Å². The van der Waals surface area contributed by atoms with Crippen molar-refractivity contribution in [3.05, 3.63) is 101 Å². The third kappa shape index (κ3) is 4.01. The number of furan rings is 1. The quantitative estimate of drug-likeness (QED) is 0.580. The Morgan fingerprint density at radius 3 is 2.76 bits per heavy atom. The minimum absolute atomic E-state index is 0.00129. The molecular formula is C27H25N3O4. The molecule has 0 unspecified atom stereocenters. The number of carbonyl (C=O) groups is 2. The number of allylic oxidation sites excluding steroid dienone is 3. The van der Waals surface area contributed by atoms with Crippen molar-refractivity contribution in [3.8, 4) is 5.75 Å². The average molecular weight is 456 g/mol. The highest BCUT2D eigenvalue weighted by Gasteiger charge is 2.41. The minimum atomic E-state index is -0.528. The van der Waals surface area contributed by atoms with Gasteiger partial charge in [0, 0.05) is 47.0 Å². The number of ether oxygens (including phenoxy) is 1. The van der Waals surface area contributed by atoms with Crippen molar-refractivity contribution >= 4 is 17.5 Å².